The monoisotopic (exact) mass is 474 g/mol. The molecule has 0 bridgehead atoms. The molecular weight excluding hydrogens is 443 g/mol. The summed E-state index contributed by atoms with van der Waals surface area (Å²) >= 11 is 12.3. The van der Waals surface area contributed by atoms with Crippen molar-refractivity contribution in [2.75, 3.05) is 0 Å². The first-order chi connectivity index (χ1) is 15.2. The zero-order valence-electron chi connectivity index (χ0n) is 19.1. The SMILES string of the molecule is Cc1ccc(C)c(CC(=O)N(Cc2ccc(Cl)c(Cl)c2)[C@@H](C)C(=O)NC2CCCCC2)c1. The molecule has 1 atom stereocenters. The number of hydrogen-bond donors (Lipinski definition) is 1. The van der Waals surface area contributed by atoms with E-state index in [0.29, 0.717) is 16.6 Å². The van der Waals surface area contributed by atoms with Crippen molar-refractivity contribution in [2.45, 2.75) is 77.9 Å². The third-order valence-corrected chi connectivity index (χ3v) is 7.04. The summed E-state index contributed by atoms with van der Waals surface area (Å²) in [6.45, 7) is 6.11. The van der Waals surface area contributed by atoms with Crippen LogP contribution in [-0.4, -0.2) is 28.8 Å². The highest BCUT2D eigenvalue weighted by Gasteiger charge is 2.28. The van der Waals surface area contributed by atoms with Crippen molar-refractivity contribution in [3.63, 3.8) is 0 Å². The highest BCUT2D eigenvalue weighted by Crippen LogP contribution is 2.24. The molecule has 0 aliphatic heterocycles. The van der Waals surface area contributed by atoms with Gasteiger partial charge in [0.25, 0.3) is 0 Å². The fraction of sp³-hybridized carbons (Fsp3) is 0.462. The van der Waals surface area contributed by atoms with Crippen LogP contribution in [0.1, 0.15) is 61.3 Å². The van der Waals surface area contributed by atoms with Gasteiger partial charge in [-0.3, -0.25) is 9.59 Å². The number of halogens is 2. The Morgan fingerprint density at radius 2 is 1.75 bits per heavy atom. The third kappa shape index (κ3) is 6.49. The summed E-state index contributed by atoms with van der Waals surface area (Å²) in [5.74, 6) is -0.192. The fourth-order valence-corrected chi connectivity index (χ4v) is 4.56. The Morgan fingerprint density at radius 3 is 2.44 bits per heavy atom. The number of rotatable bonds is 7. The van der Waals surface area contributed by atoms with Crippen LogP contribution in [0.25, 0.3) is 0 Å². The van der Waals surface area contributed by atoms with E-state index in [2.05, 4.69) is 5.32 Å². The second-order valence-corrected chi connectivity index (χ2v) is 9.71. The molecule has 1 saturated carbocycles. The average molecular weight is 475 g/mol. The normalized spacial score (nSPS) is 15.3. The summed E-state index contributed by atoms with van der Waals surface area (Å²) in [6.07, 6.45) is 5.74. The topological polar surface area (TPSA) is 49.4 Å². The van der Waals surface area contributed by atoms with E-state index in [4.69, 9.17) is 23.2 Å². The smallest absolute Gasteiger partial charge is 0.242 e. The second-order valence-electron chi connectivity index (χ2n) is 8.90. The second kappa shape index (κ2) is 11.2. The molecule has 0 heterocycles. The van der Waals surface area contributed by atoms with Crippen molar-refractivity contribution in [2.24, 2.45) is 0 Å². The average Bonchev–Trinajstić information content (AvgIpc) is 2.77. The van der Waals surface area contributed by atoms with Crippen molar-refractivity contribution in [1.82, 2.24) is 10.2 Å². The summed E-state index contributed by atoms with van der Waals surface area (Å²) in [6, 6.07) is 11.0. The van der Waals surface area contributed by atoms with Gasteiger partial charge < -0.3 is 10.2 Å². The lowest BCUT2D eigenvalue weighted by atomic mass is 9.95. The molecule has 1 aliphatic carbocycles. The highest BCUT2D eigenvalue weighted by molar-refractivity contribution is 6.42. The summed E-state index contributed by atoms with van der Waals surface area (Å²) in [5.41, 5.74) is 4.00. The molecule has 1 aliphatic rings. The largest absolute Gasteiger partial charge is 0.352 e. The minimum absolute atomic E-state index is 0.0870. The van der Waals surface area contributed by atoms with Gasteiger partial charge in [-0.1, -0.05) is 72.3 Å². The van der Waals surface area contributed by atoms with E-state index in [1.54, 1.807) is 24.0 Å². The van der Waals surface area contributed by atoms with E-state index < -0.39 is 6.04 Å². The molecule has 2 aromatic carbocycles. The molecule has 0 spiro atoms. The van der Waals surface area contributed by atoms with Gasteiger partial charge in [-0.15, -0.1) is 0 Å². The van der Waals surface area contributed by atoms with E-state index in [9.17, 15) is 9.59 Å². The Hall–Kier alpha value is -2.04. The van der Waals surface area contributed by atoms with Crippen molar-refractivity contribution in [3.8, 4) is 0 Å². The molecule has 3 rings (SSSR count). The molecular formula is C26H32Cl2N2O2. The lowest BCUT2D eigenvalue weighted by Gasteiger charge is -2.31. The lowest BCUT2D eigenvalue weighted by molar-refractivity contribution is -0.140. The molecule has 0 saturated heterocycles. The number of carbonyl (C=O) groups excluding carboxylic acids is 2. The number of hydrogen-bond acceptors (Lipinski definition) is 2. The Balaban J connectivity index is 1.81. The van der Waals surface area contributed by atoms with Gasteiger partial charge >= 0.3 is 0 Å². The first-order valence-corrected chi connectivity index (χ1v) is 12.1. The van der Waals surface area contributed by atoms with Crippen molar-refractivity contribution < 1.29 is 9.59 Å². The van der Waals surface area contributed by atoms with Gasteiger partial charge in [0.2, 0.25) is 11.8 Å². The van der Waals surface area contributed by atoms with Gasteiger partial charge in [0.05, 0.1) is 16.5 Å². The lowest BCUT2D eigenvalue weighted by Crippen LogP contribution is -2.50. The third-order valence-electron chi connectivity index (χ3n) is 6.30. The van der Waals surface area contributed by atoms with Crippen LogP contribution in [0.3, 0.4) is 0 Å². The van der Waals surface area contributed by atoms with Gasteiger partial charge in [0.1, 0.15) is 6.04 Å². The predicted molar refractivity (Wildman–Crippen MR) is 131 cm³/mol. The van der Waals surface area contributed by atoms with Crippen molar-refractivity contribution >= 4 is 35.0 Å². The first-order valence-electron chi connectivity index (χ1n) is 11.3. The summed E-state index contributed by atoms with van der Waals surface area (Å²) in [7, 11) is 0. The zero-order valence-corrected chi connectivity index (χ0v) is 20.6. The number of amides is 2. The van der Waals surface area contributed by atoms with Gasteiger partial charge in [0.15, 0.2) is 0 Å². The molecule has 2 aromatic rings. The van der Waals surface area contributed by atoms with E-state index >= 15 is 0 Å². The molecule has 6 heteroatoms. The maximum atomic E-state index is 13.5. The van der Waals surface area contributed by atoms with Gasteiger partial charge in [-0.2, -0.15) is 0 Å². The molecule has 0 aromatic heterocycles. The fourth-order valence-electron chi connectivity index (χ4n) is 4.24. The van der Waals surface area contributed by atoms with Crippen LogP contribution in [0.4, 0.5) is 0 Å². The van der Waals surface area contributed by atoms with Gasteiger partial charge in [-0.05, 0) is 62.4 Å². The minimum atomic E-state index is -0.594. The number of nitrogens with zero attached hydrogens (tertiary/aromatic N) is 1. The molecule has 32 heavy (non-hydrogen) atoms. The molecule has 0 unspecified atom stereocenters. The van der Waals surface area contributed by atoms with Crippen LogP contribution >= 0.6 is 23.2 Å². The van der Waals surface area contributed by atoms with E-state index in [1.165, 1.54) is 6.42 Å². The van der Waals surface area contributed by atoms with Crippen LogP contribution in [-0.2, 0) is 22.6 Å². The van der Waals surface area contributed by atoms with Crippen LogP contribution in [0.5, 0.6) is 0 Å². The van der Waals surface area contributed by atoms with Crippen molar-refractivity contribution in [1.29, 1.82) is 0 Å². The van der Waals surface area contributed by atoms with E-state index in [-0.39, 0.29) is 24.3 Å². The molecule has 4 nitrogen and oxygen atoms in total. The summed E-state index contributed by atoms with van der Waals surface area (Å²) < 4.78 is 0. The summed E-state index contributed by atoms with van der Waals surface area (Å²) in [4.78, 5) is 28.2. The maximum absolute atomic E-state index is 13.5. The Bertz CT molecular complexity index is 970. The molecule has 172 valence electrons. The Kier molecular flexibility index (Phi) is 8.61. The number of benzene rings is 2. The van der Waals surface area contributed by atoms with Crippen LogP contribution in [0, 0.1) is 13.8 Å². The molecule has 2 amide bonds. The van der Waals surface area contributed by atoms with Gasteiger partial charge in [-0.25, -0.2) is 0 Å². The Morgan fingerprint density at radius 1 is 1.03 bits per heavy atom. The number of carbonyl (C=O) groups is 2. The zero-order chi connectivity index (χ0) is 23.3. The minimum Gasteiger partial charge on any atom is -0.352 e. The van der Waals surface area contributed by atoms with Gasteiger partial charge in [0, 0.05) is 12.6 Å². The van der Waals surface area contributed by atoms with Crippen LogP contribution in [0.2, 0.25) is 10.0 Å². The Labute approximate surface area is 201 Å². The van der Waals surface area contributed by atoms with Crippen molar-refractivity contribution in [3.05, 3.63) is 68.7 Å². The summed E-state index contributed by atoms with van der Waals surface area (Å²) in [5, 5.41) is 4.06. The van der Waals surface area contributed by atoms with Crippen LogP contribution in [0.15, 0.2) is 36.4 Å². The number of aryl methyl sites for hydroxylation is 2. The first kappa shape index (κ1) is 24.6. The molecule has 1 fully saturated rings. The highest BCUT2D eigenvalue weighted by atomic mass is 35.5. The van der Waals surface area contributed by atoms with E-state index in [1.807, 2.05) is 38.1 Å². The number of nitrogens with one attached hydrogen (secondary N) is 1. The predicted octanol–water partition coefficient (Wildman–Crippen LogP) is 6.02. The maximum Gasteiger partial charge on any atom is 0.242 e. The van der Waals surface area contributed by atoms with E-state index in [0.717, 1.165) is 47.9 Å². The quantitative estimate of drug-likeness (QED) is 0.533. The van der Waals surface area contributed by atoms with Crippen LogP contribution < -0.4 is 5.32 Å². The molecule has 0 radical (unpaired) electrons. The molecule has 1 N–H and O–H groups in total. The standard InChI is InChI=1S/C26H32Cl2N2O2/c1-17-9-10-18(2)21(13-17)15-25(31)30(16-20-11-12-23(27)24(28)14-20)19(3)26(32)29-22-7-5-4-6-8-22/h9-14,19,22H,4-8,15-16H2,1-3H3,(H,29,32)/t19-/m0/s1.